The Labute approximate surface area is 171 Å². The molecule has 9 nitrogen and oxygen atoms in total. The zero-order chi connectivity index (χ0) is 20.5. The highest BCUT2D eigenvalue weighted by Crippen LogP contribution is 2.39. The molecule has 10 heteroatoms. The SMILES string of the molecule is CCOCCOCCOP(OCCOCCOCC)OCCOCCOCC. The first-order chi connectivity index (χ1) is 13.8. The Morgan fingerprint density at radius 1 is 0.357 bits per heavy atom. The van der Waals surface area contributed by atoms with Crippen LogP contribution in [0.25, 0.3) is 0 Å². The molecule has 28 heavy (non-hydrogen) atoms. The quantitative estimate of drug-likeness (QED) is 0.169. The van der Waals surface area contributed by atoms with Crippen LogP contribution in [0.3, 0.4) is 0 Å². The van der Waals surface area contributed by atoms with Crippen LogP contribution in [0.1, 0.15) is 20.8 Å². The molecule has 0 fully saturated rings. The van der Waals surface area contributed by atoms with Crippen LogP contribution in [0.5, 0.6) is 0 Å². The summed E-state index contributed by atoms with van der Waals surface area (Å²) in [4.78, 5) is 0. The summed E-state index contributed by atoms with van der Waals surface area (Å²) in [6.45, 7) is 13.8. The van der Waals surface area contributed by atoms with Crippen molar-refractivity contribution in [1.29, 1.82) is 0 Å². The maximum atomic E-state index is 5.63. The van der Waals surface area contributed by atoms with Crippen LogP contribution in [-0.4, -0.2) is 99.1 Å². The summed E-state index contributed by atoms with van der Waals surface area (Å²) >= 11 is 0. The summed E-state index contributed by atoms with van der Waals surface area (Å²) in [6.07, 6.45) is 0. The van der Waals surface area contributed by atoms with Gasteiger partial charge >= 0.3 is 8.60 Å². The topological polar surface area (TPSA) is 83.1 Å². The van der Waals surface area contributed by atoms with E-state index in [4.69, 9.17) is 42.0 Å². The van der Waals surface area contributed by atoms with Gasteiger partial charge in [-0.15, -0.1) is 0 Å². The molecule has 0 aromatic rings. The maximum absolute atomic E-state index is 5.63. The highest BCUT2D eigenvalue weighted by molar-refractivity contribution is 7.41. The van der Waals surface area contributed by atoms with E-state index in [0.717, 1.165) is 0 Å². The van der Waals surface area contributed by atoms with Crippen molar-refractivity contribution in [2.75, 3.05) is 99.1 Å². The normalized spacial score (nSPS) is 11.6. The molecule has 0 atom stereocenters. The zero-order valence-electron chi connectivity index (χ0n) is 17.7. The fourth-order valence-electron chi connectivity index (χ4n) is 1.72. The van der Waals surface area contributed by atoms with E-state index in [1.807, 2.05) is 20.8 Å². The van der Waals surface area contributed by atoms with E-state index < -0.39 is 8.60 Å². The van der Waals surface area contributed by atoms with Crippen LogP contribution >= 0.6 is 8.60 Å². The third-order valence-corrected chi connectivity index (χ3v) is 4.18. The molecular formula is C18H39O9P. The number of hydrogen-bond acceptors (Lipinski definition) is 9. The van der Waals surface area contributed by atoms with Crippen LogP contribution in [0.15, 0.2) is 0 Å². The highest BCUT2D eigenvalue weighted by Gasteiger charge is 2.12. The lowest BCUT2D eigenvalue weighted by molar-refractivity contribution is 0.0186. The second-order valence-electron chi connectivity index (χ2n) is 5.15. The van der Waals surface area contributed by atoms with Crippen molar-refractivity contribution >= 4 is 8.60 Å². The molecule has 0 aliphatic rings. The Bertz CT molecular complexity index is 245. The predicted molar refractivity (Wildman–Crippen MR) is 107 cm³/mol. The molecule has 0 spiro atoms. The van der Waals surface area contributed by atoms with Gasteiger partial charge in [0.25, 0.3) is 0 Å². The Hall–Kier alpha value is 0.0700. The van der Waals surface area contributed by atoms with Gasteiger partial charge in [0, 0.05) is 19.8 Å². The summed E-state index contributed by atoms with van der Waals surface area (Å²) in [5.41, 5.74) is 0. The minimum Gasteiger partial charge on any atom is -0.379 e. The van der Waals surface area contributed by atoms with Gasteiger partial charge in [0.05, 0.1) is 79.3 Å². The van der Waals surface area contributed by atoms with Crippen LogP contribution in [0, 0.1) is 0 Å². The van der Waals surface area contributed by atoms with Crippen LogP contribution in [0.2, 0.25) is 0 Å². The summed E-state index contributed by atoms with van der Waals surface area (Å²) < 4.78 is 48.8. The molecule has 0 rings (SSSR count). The summed E-state index contributed by atoms with van der Waals surface area (Å²) in [5, 5.41) is 0. The first-order valence-corrected chi connectivity index (χ1v) is 11.1. The van der Waals surface area contributed by atoms with Gasteiger partial charge in [-0.3, -0.25) is 0 Å². The van der Waals surface area contributed by atoms with Crippen molar-refractivity contribution in [3.05, 3.63) is 0 Å². The van der Waals surface area contributed by atoms with E-state index >= 15 is 0 Å². The van der Waals surface area contributed by atoms with Gasteiger partial charge in [-0.2, -0.15) is 0 Å². The van der Waals surface area contributed by atoms with E-state index in [9.17, 15) is 0 Å². The van der Waals surface area contributed by atoms with Gasteiger partial charge in [-0.25, -0.2) is 0 Å². The second-order valence-corrected chi connectivity index (χ2v) is 6.37. The maximum Gasteiger partial charge on any atom is 0.332 e. The van der Waals surface area contributed by atoms with Crippen LogP contribution < -0.4 is 0 Å². The molecule has 170 valence electrons. The monoisotopic (exact) mass is 430 g/mol. The largest absolute Gasteiger partial charge is 0.379 e. The Morgan fingerprint density at radius 2 is 0.607 bits per heavy atom. The first kappa shape index (κ1) is 28.1. The highest BCUT2D eigenvalue weighted by atomic mass is 31.2. The molecule has 0 saturated heterocycles. The molecule has 0 N–H and O–H groups in total. The molecule has 0 heterocycles. The van der Waals surface area contributed by atoms with E-state index in [0.29, 0.717) is 99.1 Å². The molecule has 0 aromatic heterocycles. The van der Waals surface area contributed by atoms with Gasteiger partial charge in [0.1, 0.15) is 0 Å². The lowest BCUT2D eigenvalue weighted by atomic mass is 10.7. The molecular weight excluding hydrogens is 391 g/mol. The van der Waals surface area contributed by atoms with Crippen molar-refractivity contribution in [1.82, 2.24) is 0 Å². The number of ether oxygens (including phenoxy) is 6. The van der Waals surface area contributed by atoms with Crippen LogP contribution in [0.4, 0.5) is 0 Å². The minimum atomic E-state index is -1.48. The van der Waals surface area contributed by atoms with Gasteiger partial charge in [-0.05, 0) is 20.8 Å². The van der Waals surface area contributed by atoms with Crippen molar-refractivity contribution in [3.63, 3.8) is 0 Å². The lowest BCUT2D eigenvalue weighted by Crippen LogP contribution is -2.12. The third kappa shape index (κ3) is 22.4. The zero-order valence-corrected chi connectivity index (χ0v) is 18.6. The lowest BCUT2D eigenvalue weighted by Gasteiger charge is -2.17. The Morgan fingerprint density at radius 3 is 0.893 bits per heavy atom. The molecule has 0 aliphatic heterocycles. The van der Waals surface area contributed by atoms with Gasteiger partial charge in [0.15, 0.2) is 0 Å². The van der Waals surface area contributed by atoms with Crippen molar-refractivity contribution < 1.29 is 42.0 Å². The van der Waals surface area contributed by atoms with E-state index in [1.54, 1.807) is 0 Å². The first-order valence-electron chi connectivity index (χ1n) is 10.00. The van der Waals surface area contributed by atoms with Crippen molar-refractivity contribution in [2.24, 2.45) is 0 Å². The number of hydrogen-bond donors (Lipinski definition) is 0. The molecule has 0 bridgehead atoms. The molecule has 0 radical (unpaired) electrons. The van der Waals surface area contributed by atoms with E-state index in [-0.39, 0.29) is 0 Å². The average molecular weight is 430 g/mol. The summed E-state index contributed by atoms with van der Waals surface area (Å²) in [5.74, 6) is 0. The van der Waals surface area contributed by atoms with E-state index in [1.165, 1.54) is 0 Å². The Kier molecular flexibility index (Phi) is 25.2. The predicted octanol–water partition coefficient (Wildman–Crippen LogP) is 2.42. The molecule has 0 aromatic carbocycles. The van der Waals surface area contributed by atoms with Gasteiger partial charge < -0.3 is 42.0 Å². The second kappa shape index (κ2) is 25.1. The Balaban J connectivity index is 3.80. The van der Waals surface area contributed by atoms with Gasteiger partial charge in [0.2, 0.25) is 0 Å². The third-order valence-electron chi connectivity index (χ3n) is 3.00. The fraction of sp³-hybridized carbons (Fsp3) is 1.00. The number of rotatable bonds is 24. The summed E-state index contributed by atoms with van der Waals surface area (Å²) in [7, 11) is -1.48. The van der Waals surface area contributed by atoms with Gasteiger partial charge in [-0.1, -0.05) is 0 Å². The molecule has 0 unspecified atom stereocenters. The van der Waals surface area contributed by atoms with Crippen LogP contribution in [-0.2, 0) is 42.0 Å². The molecule has 0 amide bonds. The van der Waals surface area contributed by atoms with Crippen molar-refractivity contribution in [3.8, 4) is 0 Å². The average Bonchev–Trinajstić information content (AvgIpc) is 2.71. The fourth-order valence-corrected chi connectivity index (χ4v) is 2.61. The smallest absolute Gasteiger partial charge is 0.332 e. The van der Waals surface area contributed by atoms with Crippen molar-refractivity contribution in [2.45, 2.75) is 20.8 Å². The minimum absolute atomic E-state index is 0.383. The summed E-state index contributed by atoms with van der Waals surface area (Å²) in [6, 6.07) is 0. The van der Waals surface area contributed by atoms with E-state index in [2.05, 4.69) is 0 Å². The standard InChI is InChI=1S/C18H39O9P/c1-4-19-7-10-22-13-16-25-28(26-17-14-23-11-8-20-5-2)27-18-15-24-12-9-21-6-3/h4-18H2,1-3H3. The molecule has 0 aliphatic carbocycles. The molecule has 0 saturated carbocycles.